The van der Waals surface area contributed by atoms with Crippen LogP contribution in [-0.2, 0) is 6.42 Å². The standard InChI is InChI=1S/C22H26N2OS/c1-17(25)22-16-19-20(8-5-9-21(19)26-22)24-14-12-23(13-15-24)11-10-18-6-3-2-4-7-18/h2-9,16-17,25H,10-15H2,1H3. The third-order valence-electron chi connectivity index (χ3n) is 5.24. The fourth-order valence-electron chi connectivity index (χ4n) is 3.69. The van der Waals surface area contributed by atoms with Gasteiger partial charge in [-0.1, -0.05) is 36.4 Å². The number of piperazine rings is 1. The number of aliphatic hydroxyl groups excluding tert-OH is 1. The summed E-state index contributed by atoms with van der Waals surface area (Å²) in [6, 6.07) is 19.4. The number of aliphatic hydroxyl groups is 1. The van der Waals surface area contributed by atoms with E-state index in [2.05, 4.69) is 64.4 Å². The van der Waals surface area contributed by atoms with Gasteiger partial charge in [0.05, 0.1) is 6.10 Å². The topological polar surface area (TPSA) is 26.7 Å². The molecule has 3 aromatic rings. The van der Waals surface area contributed by atoms with Gasteiger partial charge in [0, 0.05) is 53.4 Å². The van der Waals surface area contributed by atoms with E-state index in [0.717, 1.165) is 44.0 Å². The fourth-order valence-corrected chi connectivity index (χ4v) is 4.71. The van der Waals surface area contributed by atoms with Gasteiger partial charge in [0.2, 0.25) is 0 Å². The van der Waals surface area contributed by atoms with Crippen molar-refractivity contribution < 1.29 is 5.11 Å². The Bertz CT molecular complexity index is 851. The molecule has 1 saturated heterocycles. The zero-order valence-electron chi connectivity index (χ0n) is 15.3. The van der Waals surface area contributed by atoms with Gasteiger partial charge >= 0.3 is 0 Å². The molecule has 0 amide bonds. The predicted octanol–water partition coefficient (Wildman–Crippen LogP) is 4.32. The van der Waals surface area contributed by atoms with E-state index in [-0.39, 0.29) is 0 Å². The third kappa shape index (κ3) is 3.78. The normalized spacial score (nSPS) is 16.9. The van der Waals surface area contributed by atoms with E-state index in [1.54, 1.807) is 11.3 Å². The number of benzene rings is 2. The van der Waals surface area contributed by atoms with Gasteiger partial charge in [0.25, 0.3) is 0 Å². The zero-order chi connectivity index (χ0) is 17.9. The highest BCUT2D eigenvalue weighted by molar-refractivity contribution is 7.19. The Hall–Kier alpha value is -1.88. The molecule has 3 nitrogen and oxygen atoms in total. The van der Waals surface area contributed by atoms with Crippen molar-refractivity contribution in [1.82, 2.24) is 4.90 Å². The van der Waals surface area contributed by atoms with E-state index in [9.17, 15) is 5.11 Å². The molecule has 0 spiro atoms. The molecule has 1 aliphatic heterocycles. The number of fused-ring (bicyclic) bond motifs is 1. The Morgan fingerprint density at radius 1 is 1.00 bits per heavy atom. The van der Waals surface area contributed by atoms with Crippen molar-refractivity contribution >= 4 is 27.1 Å². The van der Waals surface area contributed by atoms with Crippen LogP contribution in [0.4, 0.5) is 5.69 Å². The highest BCUT2D eigenvalue weighted by atomic mass is 32.1. The van der Waals surface area contributed by atoms with E-state index in [1.165, 1.54) is 21.3 Å². The molecule has 26 heavy (non-hydrogen) atoms. The number of rotatable bonds is 5. The van der Waals surface area contributed by atoms with Crippen LogP contribution in [0.3, 0.4) is 0 Å². The lowest BCUT2D eigenvalue weighted by Gasteiger charge is -2.36. The molecular formula is C22H26N2OS. The lowest BCUT2D eigenvalue weighted by Crippen LogP contribution is -2.47. The maximum atomic E-state index is 9.90. The summed E-state index contributed by atoms with van der Waals surface area (Å²) in [6.45, 7) is 7.32. The Balaban J connectivity index is 1.41. The van der Waals surface area contributed by atoms with Gasteiger partial charge in [-0.3, -0.25) is 4.90 Å². The van der Waals surface area contributed by atoms with Gasteiger partial charge in [-0.15, -0.1) is 11.3 Å². The number of hydrogen-bond donors (Lipinski definition) is 1. The van der Waals surface area contributed by atoms with Gasteiger partial charge < -0.3 is 10.0 Å². The monoisotopic (exact) mass is 366 g/mol. The molecular weight excluding hydrogens is 340 g/mol. The minimum absolute atomic E-state index is 0.393. The second-order valence-electron chi connectivity index (χ2n) is 7.08. The van der Waals surface area contributed by atoms with Gasteiger partial charge in [-0.2, -0.15) is 0 Å². The average Bonchev–Trinajstić information content (AvgIpc) is 3.12. The summed E-state index contributed by atoms with van der Waals surface area (Å²) in [7, 11) is 0. The van der Waals surface area contributed by atoms with E-state index in [4.69, 9.17) is 0 Å². The Morgan fingerprint density at radius 2 is 1.77 bits per heavy atom. The minimum atomic E-state index is -0.393. The van der Waals surface area contributed by atoms with Crippen LogP contribution in [0.25, 0.3) is 10.1 Å². The summed E-state index contributed by atoms with van der Waals surface area (Å²) in [5.74, 6) is 0. The lowest BCUT2D eigenvalue weighted by atomic mass is 10.1. The van der Waals surface area contributed by atoms with Crippen LogP contribution in [0.5, 0.6) is 0 Å². The summed E-state index contributed by atoms with van der Waals surface area (Å²) in [5.41, 5.74) is 2.73. The van der Waals surface area contributed by atoms with Crippen molar-refractivity contribution in [1.29, 1.82) is 0 Å². The molecule has 1 fully saturated rings. The maximum Gasteiger partial charge on any atom is 0.0854 e. The van der Waals surface area contributed by atoms with Gasteiger partial charge in [0.15, 0.2) is 0 Å². The van der Waals surface area contributed by atoms with E-state index < -0.39 is 6.10 Å². The highest BCUT2D eigenvalue weighted by Gasteiger charge is 2.19. The summed E-state index contributed by atoms with van der Waals surface area (Å²) in [4.78, 5) is 6.12. The molecule has 1 unspecified atom stereocenters. The largest absolute Gasteiger partial charge is 0.388 e. The SMILES string of the molecule is CC(O)c1cc2c(N3CCN(CCc4ccccc4)CC3)cccc2s1. The van der Waals surface area contributed by atoms with Crippen molar-refractivity contribution in [3.63, 3.8) is 0 Å². The van der Waals surface area contributed by atoms with Crippen LogP contribution in [0, 0.1) is 0 Å². The Morgan fingerprint density at radius 3 is 2.50 bits per heavy atom. The molecule has 2 aromatic carbocycles. The van der Waals surface area contributed by atoms with Gasteiger partial charge in [-0.25, -0.2) is 0 Å². The molecule has 1 aromatic heterocycles. The molecule has 0 bridgehead atoms. The van der Waals surface area contributed by atoms with Crippen molar-refractivity contribution in [2.24, 2.45) is 0 Å². The summed E-state index contributed by atoms with van der Waals surface area (Å²) >= 11 is 1.70. The molecule has 0 aliphatic carbocycles. The number of thiophene rings is 1. The van der Waals surface area contributed by atoms with Gasteiger partial charge in [0.1, 0.15) is 0 Å². The van der Waals surface area contributed by atoms with Crippen molar-refractivity contribution in [3.05, 3.63) is 65.0 Å². The van der Waals surface area contributed by atoms with E-state index in [1.807, 2.05) is 6.92 Å². The number of hydrogen-bond acceptors (Lipinski definition) is 4. The second kappa shape index (κ2) is 7.78. The first-order chi connectivity index (χ1) is 12.7. The molecule has 4 rings (SSSR count). The molecule has 1 aliphatic rings. The first kappa shape index (κ1) is 17.5. The molecule has 2 heterocycles. The fraction of sp³-hybridized carbons (Fsp3) is 0.364. The van der Waals surface area contributed by atoms with Crippen molar-refractivity contribution in [2.45, 2.75) is 19.4 Å². The van der Waals surface area contributed by atoms with Crippen LogP contribution >= 0.6 is 11.3 Å². The average molecular weight is 367 g/mol. The Labute approximate surface area is 159 Å². The van der Waals surface area contributed by atoms with Gasteiger partial charge in [-0.05, 0) is 37.1 Å². The van der Waals surface area contributed by atoms with Crippen LogP contribution in [0.1, 0.15) is 23.5 Å². The van der Waals surface area contributed by atoms with Crippen LogP contribution < -0.4 is 4.90 Å². The predicted molar refractivity (Wildman–Crippen MR) is 111 cm³/mol. The van der Waals surface area contributed by atoms with Crippen LogP contribution in [-0.4, -0.2) is 42.7 Å². The summed E-state index contributed by atoms with van der Waals surface area (Å²) in [6.07, 6.45) is 0.730. The van der Waals surface area contributed by atoms with Crippen LogP contribution in [0.15, 0.2) is 54.6 Å². The number of nitrogens with zero attached hydrogens (tertiary/aromatic N) is 2. The molecule has 4 heteroatoms. The highest BCUT2D eigenvalue weighted by Crippen LogP contribution is 2.36. The number of anilines is 1. The van der Waals surface area contributed by atoms with Crippen molar-refractivity contribution in [2.75, 3.05) is 37.6 Å². The molecule has 1 atom stereocenters. The van der Waals surface area contributed by atoms with E-state index in [0.29, 0.717) is 0 Å². The lowest BCUT2D eigenvalue weighted by molar-refractivity contribution is 0.203. The molecule has 0 saturated carbocycles. The smallest absolute Gasteiger partial charge is 0.0854 e. The van der Waals surface area contributed by atoms with E-state index >= 15 is 0 Å². The maximum absolute atomic E-state index is 9.90. The van der Waals surface area contributed by atoms with Crippen molar-refractivity contribution in [3.8, 4) is 0 Å². The molecule has 136 valence electrons. The molecule has 1 N–H and O–H groups in total. The second-order valence-corrected chi connectivity index (χ2v) is 8.19. The minimum Gasteiger partial charge on any atom is -0.388 e. The first-order valence-corrected chi connectivity index (χ1v) is 10.2. The molecule has 0 radical (unpaired) electrons. The van der Waals surface area contributed by atoms with Crippen LogP contribution in [0.2, 0.25) is 0 Å². The first-order valence-electron chi connectivity index (χ1n) is 9.42. The third-order valence-corrected chi connectivity index (χ3v) is 6.51. The Kier molecular flexibility index (Phi) is 5.25. The quantitative estimate of drug-likeness (QED) is 0.728. The zero-order valence-corrected chi connectivity index (χ0v) is 16.1. The summed E-state index contributed by atoms with van der Waals surface area (Å²) < 4.78 is 1.27. The summed E-state index contributed by atoms with van der Waals surface area (Å²) in [5, 5.41) is 11.2.